The van der Waals surface area contributed by atoms with Gasteiger partial charge in [-0.1, -0.05) is 0 Å². The highest BCUT2D eigenvalue weighted by molar-refractivity contribution is 4.87. The van der Waals surface area contributed by atoms with Crippen LogP contribution in [0.3, 0.4) is 0 Å². The van der Waals surface area contributed by atoms with E-state index in [4.69, 9.17) is 4.74 Å². The standard InChI is InChI=1S/C13H26N2O/c1-14-6-4-11(5-7-14)10-15(2)12-8-13(9-12)16-3/h11-13H,4-10H2,1-3H3. The summed E-state index contributed by atoms with van der Waals surface area (Å²) in [6.07, 6.45) is 5.76. The minimum absolute atomic E-state index is 0.532. The second-order valence-electron chi connectivity index (χ2n) is 5.67. The van der Waals surface area contributed by atoms with E-state index in [0.29, 0.717) is 6.10 Å². The van der Waals surface area contributed by atoms with Crippen molar-refractivity contribution in [1.29, 1.82) is 0 Å². The molecular weight excluding hydrogens is 200 g/mol. The Balaban J connectivity index is 1.66. The third kappa shape index (κ3) is 2.96. The summed E-state index contributed by atoms with van der Waals surface area (Å²) in [7, 11) is 6.35. The lowest BCUT2D eigenvalue weighted by atomic mass is 9.87. The van der Waals surface area contributed by atoms with Crippen molar-refractivity contribution in [2.75, 3.05) is 40.8 Å². The molecule has 0 unspecified atom stereocenters. The molecule has 0 atom stereocenters. The SMILES string of the molecule is COC1CC(N(C)CC2CCN(C)CC2)C1. The van der Waals surface area contributed by atoms with Gasteiger partial charge in [0.05, 0.1) is 6.10 Å². The van der Waals surface area contributed by atoms with Crippen molar-refractivity contribution >= 4 is 0 Å². The summed E-state index contributed by atoms with van der Waals surface area (Å²) in [5.41, 5.74) is 0. The molecule has 0 radical (unpaired) electrons. The second kappa shape index (κ2) is 5.48. The smallest absolute Gasteiger partial charge is 0.0601 e. The minimum atomic E-state index is 0.532. The van der Waals surface area contributed by atoms with Crippen LogP contribution < -0.4 is 0 Å². The average Bonchev–Trinajstić information content (AvgIpc) is 2.20. The van der Waals surface area contributed by atoms with Gasteiger partial charge in [-0.05, 0) is 58.8 Å². The molecule has 3 nitrogen and oxygen atoms in total. The minimum Gasteiger partial charge on any atom is -0.381 e. The van der Waals surface area contributed by atoms with E-state index in [1.165, 1.54) is 45.3 Å². The Kier molecular flexibility index (Phi) is 4.22. The van der Waals surface area contributed by atoms with Crippen molar-refractivity contribution in [3.8, 4) is 0 Å². The molecule has 0 aromatic heterocycles. The molecule has 2 rings (SSSR count). The topological polar surface area (TPSA) is 15.7 Å². The summed E-state index contributed by atoms with van der Waals surface area (Å²) >= 11 is 0. The predicted molar refractivity (Wildman–Crippen MR) is 66.7 cm³/mol. The zero-order valence-corrected chi connectivity index (χ0v) is 11.0. The van der Waals surface area contributed by atoms with E-state index in [2.05, 4.69) is 23.9 Å². The van der Waals surface area contributed by atoms with Crippen LogP contribution in [0, 0.1) is 5.92 Å². The summed E-state index contributed by atoms with van der Waals surface area (Å²) in [5.74, 6) is 0.919. The van der Waals surface area contributed by atoms with Crippen LogP contribution in [0.15, 0.2) is 0 Å². The molecule has 94 valence electrons. The first kappa shape index (κ1) is 12.3. The lowest BCUT2D eigenvalue weighted by Crippen LogP contribution is -2.48. The lowest BCUT2D eigenvalue weighted by molar-refractivity contribution is -0.0250. The maximum Gasteiger partial charge on any atom is 0.0601 e. The van der Waals surface area contributed by atoms with Crippen molar-refractivity contribution in [3.05, 3.63) is 0 Å². The lowest BCUT2D eigenvalue weighted by Gasteiger charge is -2.42. The van der Waals surface area contributed by atoms with Crippen LogP contribution in [-0.2, 0) is 4.74 Å². The zero-order chi connectivity index (χ0) is 11.5. The van der Waals surface area contributed by atoms with Crippen molar-refractivity contribution in [1.82, 2.24) is 9.80 Å². The number of likely N-dealkylation sites (tertiary alicyclic amines) is 1. The van der Waals surface area contributed by atoms with Gasteiger partial charge in [-0.2, -0.15) is 0 Å². The van der Waals surface area contributed by atoms with Crippen molar-refractivity contribution < 1.29 is 4.74 Å². The fraction of sp³-hybridized carbons (Fsp3) is 1.00. The quantitative estimate of drug-likeness (QED) is 0.721. The Hall–Kier alpha value is -0.120. The number of rotatable bonds is 4. The van der Waals surface area contributed by atoms with Gasteiger partial charge in [0.15, 0.2) is 0 Å². The van der Waals surface area contributed by atoms with E-state index in [-0.39, 0.29) is 0 Å². The van der Waals surface area contributed by atoms with Crippen LogP contribution in [0.5, 0.6) is 0 Å². The Morgan fingerprint density at radius 2 is 1.88 bits per heavy atom. The summed E-state index contributed by atoms with van der Waals surface area (Å²) < 4.78 is 5.34. The molecule has 16 heavy (non-hydrogen) atoms. The molecule has 1 aliphatic carbocycles. The van der Waals surface area contributed by atoms with Crippen LogP contribution in [0.25, 0.3) is 0 Å². The van der Waals surface area contributed by atoms with Gasteiger partial charge in [-0.3, -0.25) is 0 Å². The summed E-state index contributed by atoms with van der Waals surface area (Å²) in [5, 5.41) is 0. The molecule has 0 aromatic carbocycles. The fourth-order valence-electron chi connectivity index (χ4n) is 2.89. The van der Waals surface area contributed by atoms with Crippen LogP contribution in [0.4, 0.5) is 0 Å². The number of nitrogens with zero attached hydrogens (tertiary/aromatic N) is 2. The average molecular weight is 226 g/mol. The third-order valence-electron chi connectivity index (χ3n) is 4.41. The van der Waals surface area contributed by atoms with E-state index in [9.17, 15) is 0 Å². The number of hydrogen-bond acceptors (Lipinski definition) is 3. The van der Waals surface area contributed by atoms with Gasteiger partial charge in [-0.15, -0.1) is 0 Å². The molecule has 0 N–H and O–H groups in total. The largest absolute Gasteiger partial charge is 0.381 e. The molecule has 0 aromatic rings. The van der Waals surface area contributed by atoms with Crippen LogP contribution in [0.2, 0.25) is 0 Å². The summed E-state index contributed by atoms with van der Waals surface area (Å²) in [4.78, 5) is 5.01. The van der Waals surface area contributed by atoms with E-state index in [1.807, 2.05) is 7.11 Å². The molecular formula is C13H26N2O. The Morgan fingerprint density at radius 1 is 1.25 bits per heavy atom. The van der Waals surface area contributed by atoms with Gasteiger partial charge < -0.3 is 14.5 Å². The predicted octanol–water partition coefficient (Wildman–Crippen LogP) is 1.44. The van der Waals surface area contributed by atoms with Gasteiger partial charge in [0.2, 0.25) is 0 Å². The first-order valence-corrected chi connectivity index (χ1v) is 6.60. The monoisotopic (exact) mass is 226 g/mol. The number of ether oxygens (including phenoxy) is 1. The number of hydrogen-bond donors (Lipinski definition) is 0. The zero-order valence-electron chi connectivity index (χ0n) is 11.0. The summed E-state index contributed by atoms with van der Waals surface area (Å²) in [6.45, 7) is 3.85. The molecule has 3 heteroatoms. The van der Waals surface area contributed by atoms with Crippen molar-refractivity contribution in [3.63, 3.8) is 0 Å². The number of methoxy groups -OCH3 is 1. The molecule has 0 amide bonds. The van der Waals surface area contributed by atoms with Crippen molar-refractivity contribution in [2.45, 2.75) is 37.8 Å². The molecule has 0 spiro atoms. The van der Waals surface area contributed by atoms with Gasteiger partial charge in [0, 0.05) is 19.7 Å². The van der Waals surface area contributed by atoms with E-state index in [1.54, 1.807) is 0 Å². The first-order chi connectivity index (χ1) is 7.69. The van der Waals surface area contributed by atoms with Crippen LogP contribution in [-0.4, -0.2) is 62.8 Å². The highest BCUT2D eigenvalue weighted by Crippen LogP contribution is 2.28. The normalized spacial score (nSPS) is 33.0. The molecule has 1 heterocycles. The molecule has 1 saturated heterocycles. The van der Waals surface area contributed by atoms with E-state index >= 15 is 0 Å². The van der Waals surface area contributed by atoms with E-state index in [0.717, 1.165) is 12.0 Å². The Labute approximate surface area is 99.7 Å². The van der Waals surface area contributed by atoms with Gasteiger partial charge >= 0.3 is 0 Å². The highest BCUT2D eigenvalue weighted by Gasteiger charge is 2.32. The Morgan fingerprint density at radius 3 is 2.44 bits per heavy atom. The van der Waals surface area contributed by atoms with Gasteiger partial charge in [0.1, 0.15) is 0 Å². The maximum atomic E-state index is 5.34. The van der Waals surface area contributed by atoms with Gasteiger partial charge in [-0.25, -0.2) is 0 Å². The summed E-state index contributed by atoms with van der Waals surface area (Å²) in [6, 6.07) is 0.782. The van der Waals surface area contributed by atoms with Crippen molar-refractivity contribution in [2.24, 2.45) is 5.92 Å². The molecule has 1 saturated carbocycles. The maximum absolute atomic E-state index is 5.34. The molecule has 1 aliphatic heterocycles. The Bertz CT molecular complexity index is 208. The second-order valence-corrected chi connectivity index (χ2v) is 5.67. The third-order valence-corrected chi connectivity index (χ3v) is 4.41. The highest BCUT2D eigenvalue weighted by atomic mass is 16.5. The molecule has 2 aliphatic rings. The van der Waals surface area contributed by atoms with Crippen LogP contribution in [0.1, 0.15) is 25.7 Å². The van der Waals surface area contributed by atoms with Crippen LogP contribution >= 0.6 is 0 Å². The molecule has 0 bridgehead atoms. The molecule has 2 fully saturated rings. The van der Waals surface area contributed by atoms with E-state index < -0.39 is 0 Å². The fourth-order valence-corrected chi connectivity index (χ4v) is 2.89. The number of piperidine rings is 1. The first-order valence-electron chi connectivity index (χ1n) is 6.60. The van der Waals surface area contributed by atoms with Gasteiger partial charge in [0.25, 0.3) is 0 Å².